The van der Waals surface area contributed by atoms with Gasteiger partial charge < -0.3 is 5.32 Å². The van der Waals surface area contributed by atoms with E-state index in [-0.39, 0.29) is 17.3 Å². The minimum Gasteiger partial charge on any atom is -0.351 e. The zero-order valence-electron chi connectivity index (χ0n) is 13.0. The molecule has 0 saturated heterocycles. The highest BCUT2D eigenvalue weighted by atomic mass is 35.5. The summed E-state index contributed by atoms with van der Waals surface area (Å²) in [6, 6.07) is 13.9. The van der Waals surface area contributed by atoms with Gasteiger partial charge in [0.05, 0.1) is 5.75 Å². The van der Waals surface area contributed by atoms with E-state index in [9.17, 15) is 13.2 Å². The highest BCUT2D eigenvalue weighted by molar-refractivity contribution is 7.92. The highest BCUT2D eigenvalue weighted by Crippen LogP contribution is 2.24. The molecule has 7 heteroatoms. The Morgan fingerprint density at radius 1 is 1.12 bits per heavy atom. The van der Waals surface area contributed by atoms with Crippen LogP contribution in [0.2, 0.25) is 10.0 Å². The van der Waals surface area contributed by atoms with Crippen LogP contribution in [0.1, 0.15) is 18.1 Å². The van der Waals surface area contributed by atoms with E-state index in [1.54, 1.807) is 12.1 Å². The molecule has 0 saturated carbocycles. The summed E-state index contributed by atoms with van der Waals surface area (Å²) in [6.45, 7) is 1.65. The Kier molecular flexibility index (Phi) is 6.27. The van der Waals surface area contributed by atoms with Crippen molar-refractivity contribution in [1.29, 1.82) is 0 Å². The molecule has 0 aliphatic rings. The Bertz CT molecular complexity index is 823. The first-order valence-electron chi connectivity index (χ1n) is 7.27. The average molecular weight is 386 g/mol. The number of rotatable bonds is 6. The van der Waals surface area contributed by atoms with Gasteiger partial charge in [-0.1, -0.05) is 59.6 Å². The molecule has 2 rings (SSSR count). The standard InChI is InChI=1S/C17H17Cl2NO3S/c1-12(17(21)20-10-13-5-3-2-4-6-13)24(22,23)11-14-7-8-15(18)9-16(14)19/h2-9,12H,10-11H2,1H3,(H,20,21)/t12-/m1/s1. The van der Waals surface area contributed by atoms with Crippen molar-refractivity contribution in [1.82, 2.24) is 5.32 Å². The van der Waals surface area contributed by atoms with Crippen molar-refractivity contribution in [3.8, 4) is 0 Å². The van der Waals surface area contributed by atoms with Gasteiger partial charge >= 0.3 is 0 Å². The minimum absolute atomic E-state index is 0.267. The molecular weight excluding hydrogens is 369 g/mol. The third-order valence-corrected chi connectivity index (χ3v) is 6.18. The van der Waals surface area contributed by atoms with Gasteiger partial charge in [-0.2, -0.15) is 0 Å². The number of carbonyl (C=O) groups excluding carboxylic acids is 1. The van der Waals surface area contributed by atoms with Crippen LogP contribution in [0.15, 0.2) is 48.5 Å². The molecule has 0 aliphatic carbocycles. The molecule has 24 heavy (non-hydrogen) atoms. The van der Waals surface area contributed by atoms with Crippen molar-refractivity contribution in [3.63, 3.8) is 0 Å². The van der Waals surface area contributed by atoms with E-state index < -0.39 is 21.0 Å². The van der Waals surface area contributed by atoms with Gasteiger partial charge in [0.15, 0.2) is 9.84 Å². The maximum Gasteiger partial charge on any atom is 0.238 e. The summed E-state index contributed by atoms with van der Waals surface area (Å²) < 4.78 is 24.9. The number of hydrogen-bond donors (Lipinski definition) is 1. The predicted molar refractivity (Wildman–Crippen MR) is 96.8 cm³/mol. The number of nitrogens with one attached hydrogen (secondary N) is 1. The Labute approximate surface area is 151 Å². The Hall–Kier alpha value is -1.56. The first-order chi connectivity index (χ1) is 11.3. The smallest absolute Gasteiger partial charge is 0.238 e. The lowest BCUT2D eigenvalue weighted by atomic mass is 10.2. The molecule has 0 spiro atoms. The van der Waals surface area contributed by atoms with Gasteiger partial charge in [-0.05, 0) is 30.2 Å². The van der Waals surface area contributed by atoms with Gasteiger partial charge in [0, 0.05) is 16.6 Å². The number of halogens is 2. The normalized spacial score (nSPS) is 12.6. The van der Waals surface area contributed by atoms with Crippen LogP contribution in [0, 0.1) is 0 Å². The van der Waals surface area contributed by atoms with E-state index in [1.807, 2.05) is 30.3 Å². The van der Waals surface area contributed by atoms with Crippen molar-refractivity contribution in [2.24, 2.45) is 0 Å². The summed E-state index contributed by atoms with van der Waals surface area (Å²) in [6.07, 6.45) is 0. The zero-order valence-corrected chi connectivity index (χ0v) is 15.3. The zero-order chi connectivity index (χ0) is 17.7. The van der Waals surface area contributed by atoms with E-state index in [0.29, 0.717) is 10.6 Å². The summed E-state index contributed by atoms with van der Waals surface area (Å²) >= 11 is 11.8. The lowest BCUT2D eigenvalue weighted by molar-refractivity contribution is -0.120. The summed E-state index contributed by atoms with van der Waals surface area (Å²) in [5.74, 6) is -0.855. The van der Waals surface area contributed by atoms with Crippen LogP contribution in [0.3, 0.4) is 0 Å². The fourth-order valence-electron chi connectivity index (χ4n) is 2.07. The lowest BCUT2D eigenvalue weighted by Crippen LogP contribution is -2.38. The summed E-state index contributed by atoms with van der Waals surface area (Å²) in [4.78, 5) is 12.1. The molecule has 0 unspecified atom stereocenters. The number of hydrogen-bond acceptors (Lipinski definition) is 3. The molecule has 1 atom stereocenters. The molecule has 0 aromatic heterocycles. The maximum absolute atomic E-state index is 12.4. The van der Waals surface area contributed by atoms with Crippen LogP contribution >= 0.6 is 23.2 Å². The van der Waals surface area contributed by atoms with Crippen LogP contribution in [0.25, 0.3) is 0 Å². The van der Waals surface area contributed by atoms with Crippen molar-refractivity contribution >= 4 is 38.9 Å². The SMILES string of the molecule is C[C@H](C(=O)NCc1ccccc1)S(=O)(=O)Cc1ccc(Cl)cc1Cl. The number of benzene rings is 2. The fourth-order valence-corrected chi connectivity index (χ4v) is 3.97. The molecule has 1 N–H and O–H groups in total. The van der Waals surface area contributed by atoms with Crippen molar-refractivity contribution in [2.75, 3.05) is 0 Å². The maximum atomic E-state index is 12.4. The molecule has 0 radical (unpaired) electrons. The molecular formula is C17H17Cl2NO3S. The Morgan fingerprint density at radius 2 is 1.79 bits per heavy atom. The largest absolute Gasteiger partial charge is 0.351 e. The quantitative estimate of drug-likeness (QED) is 0.825. The molecule has 0 fully saturated rings. The van der Waals surface area contributed by atoms with E-state index >= 15 is 0 Å². The predicted octanol–water partition coefficient (Wildman–Crippen LogP) is 3.61. The van der Waals surface area contributed by atoms with Crippen LogP contribution in [0.5, 0.6) is 0 Å². The number of amides is 1. The molecule has 1 amide bonds. The molecule has 2 aromatic rings. The van der Waals surface area contributed by atoms with E-state index in [0.717, 1.165) is 5.56 Å². The van der Waals surface area contributed by atoms with Crippen LogP contribution in [-0.4, -0.2) is 19.6 Å². The molecule has 0 bridgehead atoms. The number of carbonyl (C=O) groups is 1. The van der Waals surface area contributed by atoms with Crippen molar-refractivity contribution < 1.29 is 13.2 Å². The van der Waals surface area contributed by atoms with Crippen molar-refractivity contribution in [2.45, 2.75) is 24.5 Å². The summed E-state index contributed by atoms with van der Waals surface area (Å²) in [7, 11) is -3.69. The third kappa shape index (κ3) is 4.97. The topological polar surface area (TPSA) is 63.2 Å². The van der Waals surface area contributed by atoms with Gasteiger partial charge in [0.1, 0.15) is 5.25 Å². The lowest BCUT2D eigenvalue weighted by Gasteiger charge is -2.14. The van der Waals surface area contributed by atoms with Crippen LogP contribution < -0.4 is 5.32 Å². The van der Waals surface area contributed by atoms with Gasteiger partial charge in [-0.15, -0.1) is 0 Å². The second-order valence-electron chi connectivity index (χ2n) is 5.39. The summed E-state index contributed by atoms with van der Waals surface area (Å²) in [5.41, 5.74) is 1.32. The number of sulfone groups is 1. The second kappa shape index (κ2) is 8.01. The first kappa shape index (κ1) is 18.8. The third-order valence-electron chi connectivity index (χ3n) is 3.59. The van der Waals surface area contributed by atoms with Crippen LogP contribution in [0.4, 0.5) is 0 Å². The van der Waals surface area contributed by atoms with E-state index in [2.05, 4.69) is 5.32 Å². The molecule has 2 aromatic carbocycles. The summed E-state index contributed by atoms with van der Waals surface area (Å²) in [5, 5.41) is 2.16. The van der Waals surface area contributed by atoms with Gasteiger partial charge in [0.2, 0.25) is 5.91 Å². The van der Waals surface area contributed by atoms with Crippen LogP contribution in [-0.2, 0) is 26.9 Å². The monoisotopic (exact) mass is 385 g/mol. The first-order valence-corrected chi connectivity index (χ1v) is 9.74. The average Bonchev–Trinajstić information content (AvgIpc) is 2.55. The second-order valence-corrected chi connectivity index (χ2v) is 8.55. The van der Waals surface area contributed by atoms with Gasteiger partial charge in [-0.25, -0.2) is 8.42 Å². The van der Waals surface area contributed by atoms with Gasteiger partial charge in [0.25, 0.3) is 0 Å². The minimum atomic E-state index is -3.69. The van der Waals surface area contributed by atoms with Gasteiger partial charge in [-0.3, -0.25) is 4.79 Å². The van der Waals surface area contributed by atoms with E-state index in [1.165, 1.54) is 13.0 Å². The highest BCUT2D eigenvalue weighted by Gasteiger charge is 2.28. The van der Waals surface area contributed by atoms with Crippen molar-refractivity contribution in [3.05, 3.63) is 69.7 Å². The molecule has 128 valence electrons. The Balaban J connectivity index is 2.03. The molecule has 0 aliphatic heterocycles. The molecule has 4 nitrogen and oxygen atoms in total. The molecule has 0 heterocycles. The fraction of sp³-hybridized carbons (Fsp3) is 0.235. The van der Waals surface area contributed by atoms with E-state index in [4.69, 9.17) is 23.2 Å². The Morgan fingerprint density at radius 3 is 2.42 bits per heavy atom.